The largest absolute Gasteiger partial charge is 0.496 e. The van der Waals surface area contributed by atoms with Gasteiger partial charge in [-0.1, -0.05) is 34.1 Å². The van der Waals surface area contributed by atoms with Crippen LogP contribution in [0, 0.1) is 0 Å². The summed E-state index contributed by atoms with van der Waals surface area (Å²) in [4.78, 5) is 26.9. The smallest absolute Gasteiger partial charge is 0.251 e. The molecule has 0 aliphatic carbocycles. The van der Waals surface area contributed by atoms with Crippen molar-refractivity contribution in [3.8, 4) is 5.75 Å². The Balaban J connectivity index is 1.58. The summed E-state index contributed by atoms with van der Waals surface area (Å²) in [6, 6.07) is 15.0. The summed E-state index contributed by atoms with van der Waals surface area (Å²) in [5.74, 6) is 0.338. The molecule has 7 heteroatoms. The molecule has 2 aromatic carbocycles. The van der Waals surface area contributed by atoms with Gasteiger partial charge >= 0.3 is 0 Å². The van der Waals surface area contributed by atoms with Crippen molar-refractivity contribution in [2.24, 2.45) is 0 Å². The van der Waals surface area contributed by atoms with Crippen LogP contribution < -0.4 is 15.4 Å². The first-order valence-electron chi connectivity index (χ1n) is 9.76. The molecular formula is C22H26BrN3O3. The van der Waals surface area contributed by atoms with Gasteiger partial charge in [0.15, 0.2) is 0 Å². The van der Waals surface area contributed by atoms with E-state index < -0.39 is 0 Å². The predicted octanol–water partition coefficient (Wildman–Crippen LogP) is 3.14. The number of hydrogen-bond acceptors (Lipinski definition) is 4. The van der Waals surface area contributed by atoms with E-state index in [1.165, 1.54) is 0 Å². The molecule has 2 amide bonds. The van der Waals surface area contributed by atoms with E-state index in [0.29, 0.717) is 12.1 Å². The van der Waals surface area contributed by atoms with Crippen molar-refractivity contribution in [1.82, 2.24) is 15.5 Å². The zero-order valence-electron chi connectivity index (χ0n) is 16.5. The van der Waals surface area contributed by atoms with E-state index in [4.69, 9.17) is 4.74 Å². The van der Waals surface area contributed by atoms with Crippen LogP contribution in [0.3, 0.4) is 0 Å². The lowest BCUT2D eigenvalue weighted by Crippen LogP contribution is -2.41. The molecule has 1 fully saturated rings. The number of likely N-dealkylation sites (tertiary alicyclic amines) is 1. The highest BCUT2D eigenvalue weighted by atomic mass is 79.9. The topological polar surface area (TPSA) is 70.7 Å². The van der Waals surface area contributed by atoms with Crippen LogP contribution in [0.15, 0.2) is 53.0 Å². The maximum Gasteiger partial charge on any atom is 0.251 e. The Kier molecular flexibility index (Phi) is 7.66. The molecule has 3 rings (SSSR count). The Morgan fingerprint density at radius 2 is 1.76 bits per heavy atom. The van der Waals surface area contributed by atoms with E-state index >= 15 is 0 Å². The van der Waals surface area contributed by atoms with Gasteiger partial charge in [0.05, 0.1) is 19.7 Å². The van der Waals surface area contributed by atoms with Gasteiger partial charge in [-0.25, -0.2) is 0 Å². The van der Waals surface area contributed by atoms with Crippen LogP contribution in [0.4, 0.5) is 0 Å². The molecule has 2 aromatic rings. The van der Waals surface area contributed by atoms with Crippen molar-refractivity contribution in [3.05, 3.63) is 64.1 Å². The molecule has 6 nitrogen and oxygen atoms in total. The Morgan fingerprint density at radius 3 is 2.45 bits per heavy atom. The lowest BCUT2D eigenvalue weighted by Gasteiger charge is -2.29. The van der Waals surface area contributed by atoms with Crippen LogP contribution in [0.25, 0.3) is 0 Å². The number of rotatable bonds is 8. The van der Waals surface area contributed by atoms with Crippen LogP contribution >= 0.6 is 15.9 Å². The number of benzene rings is 2. The molecule has 1 atom stereocenters. The van der Waals surface area contributed by atoms with E-state index in [0.717, 1.165) is 41.7 Å². The van der Waals surface area contributed by atoms with Gasteiger partial charge in [-0.05, 0) is 56.3 Å². The molecule has 0 aromatic heterocycles. The minimum atomic E-state index is -0.270. The summed E-state index contributed by atoms with van der Waals surface area (Å²) in [6.45, 7) is 2.40. The highest BCUT2D eigenvalue weighted by molar-refractivity contribution is 9.10. The van der Waals surface area contributed by atoms with Gasteiger partial charge in [0.25, 0.3) is 5.91 Å². The molecule has 0 saturated carbocycles. The lowest BCUT2D eigenvalue weighted by molar-refractivity contribution is -0.120. The number of amides is 2. The van der Waals surface area contributed by atoms with Gasteiger partial charge in [0, 0.05) is 22.1 Å². The van der Waals surface area contributed by atoms with Crippen molar-refractivity contribution < 1.29 is 14.3 Å². The second-order valence-corrected chi connectivity index (χ2v) is 7.91. The van der Waals surface area contributed by atoms with Gasteiger partial charge in [0.1, 0.15) is 5.75 Å². The summed E-state index contributed by atoms with van der Waals surface area (Å²) in [7, 11) is 1.66. The van der Waals surface area contributed by atoms with Crippen LogP contribution in [-0.2, 0) is 4.79 Å². The Morgan fingerprint density at radius 1 is 1.07 bits per heavy atom. The molecule has 1 unspecified atom stereocenters. The third-order valence-corrected chi connectivity index (χ3v) is 5.62. The van der Waals surface area contributed by atoms with Gasteiger partial charge in [-0.15, -0.1) is 0 Å². The first-order chi connectivity index (χ1) is 14.1. The van der Waals surface area contributed by atoms with Crippen molar-refractivity contribution >= 4 is 27.7 Å². The normalized spacial score (nSPS) is 15.0. The zero-order valence-corrected chi connectivity index (χ0v) is 18.1. The van der Waals surface area contributed by atoms with Crippen molar-refractivity contribution in [3.63, 3.8) is 0 Å². The van der Waals surface area contributed by atoms with Crippen molar-refractivity contribution in [2.45, 2.75) is 18.9 Å². The average molecular weight is 460 g/mol. The zero-order chi connectivity index (χ0) is 20.6. The maximum absolute atomic E-state index is 12.4. The second-order valence-electron chi connectivity index (χ2n) is 6.99. The monoisotopic (exact) mass is 459 g/mol. The Bertz CT molecular complexity index is 835. The summed E-state index contributed by atoms with van der Waals surface area (Å²) in [5, 5.41) is 5.64. The summed E-state index contributed by atoms with van der Waals surface area (Å²) in [6.07, 6.45) is 2.31. The van der Waals surface area contributed by atoms with Crippen LogP contribution in [-0.4, -0.2) is 50.0 Å². The average Bonchev–Trinajstić information content (AvgIpc) is 3.27. The fourth-order valence-electron chi connectivity index (χ4n) is 3.57. The minimum Gasteiger partial charge on any atom is -0.496 e. The first kappa shape index (κ1) is 21.3. The molecule has 1 saturated heterocycles. The molecule has 154 valence electrons. The highest BCUT2D eigenvalue weighted by Gasteiger charge is 2.26. The standard InChI is InChI=1S/C22H26BrN3O3/c1-29-20-7-3-2-6-18(20)19(26-12-4-5-13-26)14-24-21(27)15-25-22(28)16-8-10-17(23)11-9-16/h2-3,6-11,19H,4-5,12-15H2,1H3,(H,24,27)(H,25,28). The van der Waals surface area contributed by atoms with Crippen molar-refractivity contribution in [1.29, 1.82) is 0 Å². The van der Waals surface area contributed by atoms with Crippen LogP contribution in [0.1, 0.15) is 34.8 Å². The first-order valence-corrected chi connectivity index (χ1v) is 10.5. The van der Waals surface area contributed by atoms with Crippen LogP contribution in [0.2, 0.25) is 0 Å². The molecule has 29 heavy (non-hydrogen) atoms. The minimum absolute atomic E-state index is 0.0415. The van der Waals surface area contributed by atoms with Crippen LogP contribution in [0.5, 0.6) is 5.75 Å². The molecule has 0 radical (unpaired) electrons. The third kappa shape index (κ3) is 5.81. The summed E-state index contributed by atoms with van der Waals surface area (Å²) < 4.78 is 6.43. The number of para-hydroxylation sites is 1. The number of ether oxygens (including phenoxy) is 1. The number of nitrogens with one attached hydrogen (secondary N) is 2. The molecule has 1 heterocycles. The molecule has 1 aliphatic heterocycles. The summed E-state index contributed by atoms with van der Waals surface area (Å²) in [5.41, 5.74) is 1.58. The number of carbonyl (C=O) groups is 2. The SMILES string of the molecule is COc1ccccc1C(CNC(=O)CNC(=O)c1ccc(Br)cc1)N1CCCC1. The van der Waals surface area contributed by atoms with E-state index in [2.05, 4.69) is 31.5 Å². The molecular weight excluding hydrogens is 434 g/mol. The maximum atomic E-state index is 12.4. The number of nitrogens with zero attached hydrogens (tertiary/aromatic N) is 1. The lowest BCUT2D eigenvalue weighted by atomic mass is 10.0. The number of methoxy groups -OCH3 is 1. The Hall–Kier alpha value is -2.38. The van der Waals surface area contributed by atoms with E-state index in [1.54, 1.807) is 31.4 Å². The van der Waals surface area contributed by atoms with Crippen molar-refractivity contribution in [2.75, 3.05) is 33.3 Å². The number of halogens is 1. The Labute approximate surface area is 179 Å². The van der Waals surface area contributed by atoms with E-state index in [9.17, 15) is 9.59 Å². The van der Waals surface area contributed by atoms with Gasteiger partial charge < -0.3 is 15.4 Å². The highest BCUT2D eigenvalue weighted by Crippen LogP contribution is 2.31. The quantitative estimate of drug-likeness (QED) is 0.635. The third-order valence-electron chi connectivity index (χ3n) is 5.09. The number of carbonyl (C=O) groups excluding carboxylic acids is 2. The molecule has 0 bridgehead atoms. The fourth-order valence-corrected chi connectivity index (χ4v) is 3.83. The fraction of sp³-hybridized carbons (Fsp3) is 0.364. The molecule has 2 N–H and O–H groups in total. The summed E-state index contributed by atoms with van der Waals surface area (Å²) >= 11 is 3.34. The van der Waals surface area contributed by atoms with Gasteiger partial charge in [-0.3, -0.25) is 14.5 Å². The number of hydrogen-bond donors (Lipinski definition) is 2. The second kappa shape index (κ2) is 10.4. The molecule has 1 aliphatic rings. The van der Waals surface area contributed by atoms with E-state index in [1.807, 2.05) is 24.3 Å². The predicted molar refractivity (Wildman–Crippen MR) is 116 cm³/mol. The van der Waals surface area contributed by atoms with E-state index in [-0.39, 0.29) is 24.4 Å². The molecule has 0 spiro atoms. The van der Waals surface area contributed by atoms with Gasteiger partial charge in [-0.2, -0.15) is 0 Å². The van der Waals surface area contributed by atoms with Gasteiger partial charge in [0.2, 0.25) is 5.91 Å².